The minimum atomic E-state index is -0.518. The van der Waals surface area contributed by atoms with Crippen LogP contribution in [0.3, 0.4) is 0 Å². The Hall–Kier alpha value is -3.48. The zero-order chi connectivity index (χ0) is 21.2. The first-order valence-corrected chi connectivity index (χ1v) is 10.8. The second-order valence-electron chi connectivity index (χ2n) is 8.26. The number of nitrogens with zero attached hydrogens (tertiary/aromatic N) is 5. The van der Waals surface area contributed by atoms with Gasteiger partial charge in [0.15, 0.2) is 6.17 Å². The van der Waals surface area contributed by atoms with Gasteiger partial charge in [0, 0.05) is 31.0 Å². The molecule has 1 aromatic carbocycles. The summed E-state index contributed by atoms with van der Waals surface area (Å²) >= 11 is 0. The van der Waals surface area contributed by atoms with E-state index in [1.54, 1.807) is 10.8 Å². The van der Waals surface area contributed by atoms with Gasteiger partial charge in [-0.3, -0.25) is 15.1 Å². The molecule has 1 fully saturated rings. The SMILES string of the molecule is Cc1cc(=O)n2c(n1)NC(N1CCC(Cc3ccccc3)CC1)=NC2c1ccccn1. The zero-order valence-corrected chi connectivity index (χ0v) is 17.6. The number of nitrogens with one attached hydrogen (secondary N) is 1. The third-order valence-electron chi connectivity index (χ3n) is 6.03. The van der Waals surface area contributed by atoms with E-state index in [4.69, 9.17) is 4.99 Å². The van der Waals surface area contributed by atoms with E-state index in [1.807, 2.05) is 25.1 Å². The van der Waals surface area contributed by atoms with E-state index in [9.17, 15) is 4.79 Å². The van der Waals surface area contributed by atoms with Gasteiger partial charge >= 0.3 is 0 Å². The molecule has 7 nitrogen and oxygen atoms in total. The molecule has 1 N–H and O–H groups in total. The highest BCUT2D eigenvalue weighted by atomic mass is 16.1. The Bertz CT molecular complexity index is 1130. The number of fused-ring (bicyclic) bond motifs is 1. The van der Waals surface area contributed by atoms with Gasteiger partial charge < -0.3 is 4.90 Å². The van der Waals surface area contributed by atoms with Crippen LogP contribution in [0.5, 0.6) is 0 Å². The largest absolute Gasteiger partial charge is 0.343 e. The molecule has 1 unspecified atom stereocenters. The lowest BCUT2D eigenvalue weighted by Gasteiger charge is -2.37. The first-order valence-electron chi connectivity index (χ1n) is 10.8. The van der Waals surface area contributed by atoms with Crippen LogP contribution in [0.1, 0.15) is 36.0 Å². The van der Waals surface area contributed by atoms with Crippen LogP contribution in [-0.2, 0) is 6.42 Å². The lowest BCUT2D eigenvalue weighted by Crippen LogP contribution is -2.46. The van der Waals surface area contributed by atoms with E-state index < -0.39 is 6.17 Å². The fourth-order valence-electron chi connectivity index (χ4n) is 4.42. The number of aliphatic imine (C=N–C) groups is 1. The molecule has 1 saturated heterocycles. The number of hydrogen-bond acceptors (Lipinski definition) is 6. The van der Waals surface area contributed by atoms with Crippen LogP contribution >= 0.6 is 0 Å². The van der Waals surface area contributed by atoms with Crippen LogP contribution in [0, 0.1) is 12.8 Å². The lowest BCUT2D eigenvalue weighted by molar-refractivity contribution is 0.262. The van der Waals surface area contributed by atoms with Gasteiger partial charge in [-0.15, -0.1) is 0 Å². The van der Waals surface area contributed by atoms with Gasteiger partial charge in [0.2, 0.25) is 11.9 Å². The monoisotopic (exact) mass is 414 g/mol. The van der Waals surface area contributed by atoms with E-state index in [2.05, 4.69) is 50.5 Å². The van der Waals surface area contributed by atoms with Crippen molar-refractivity contribution in [2.75, 3.05) is 18.4 Å². The summed E-state index contributed by atoms with van der Waals surface area (Å²) in [4.78, 5) is 29.0. The fourth-order valence-corrected chi connectivity index (χ4v) is 4.42. The number of rotatable bonds is 3. The molecule has 2 aliphatic heterocycles. The van der Waals surface area contributed by atoms with Crippen molar-refractivity contribution >= 4 is 11.9 Å². The van der Waals surface area contributed by atoms with Crippen molar-refractivity contribution in [3.8, 4) is 0 Å². The van der Waals surface area contributed by atoms with Crippen LogP contribution < -0.4 is 10.9 Å². The first kappa shape index (κ1) is 19.5. The van der Waals surface area contributed by atoms with Crippen molar-refractivity contribution in [2.24, 2.45) is 10.9 Å². The molecular weight excluding hydrogens is 388 g/mol. The Morgan fingerprint density at radius 2 is 1.84 bits per heavy atom. The third-order valence-corrected chi connectivity index (χ3v) is 6.03. The van der Waals surface area contributed by atoms with Crippen molar-refractivity contribution in [3.05, 3.63) is 88.1 Å². The number of anilines is 1. The van der Waals surface area contributed by atoms with Gasteiger partial charge in [-0.1, -0.05) is 36.4 Å². The predicted octanol–water partition coefficient (Wildman–Crippen LogP) is 3.23. The topological polar surface area (TPSA) is 75.4 Å². The zero-order valence-electron chi connectivity index (χ0n) is 17.6. The third kappa shape index (κ3) is 4.08. The maximum absolute atomic E-state index is 12.7. The molecule has 0 aliphatic carbocycles. The number of aryl methyl sites for hydroxylation is 1. The fraction of sp³-hybridized carbons (Fsp3) is 0.333. The first-order chi connectivity index (χ1) is 15.2. The summed E-state index contributed by atoms with van der Waals surface area (Å²) in [6.07, 6.45) is 4.54. The molecule has 158 valence electrons. The second kappa shape index (κ2) is 8.34. The van der Waals surface area contributed by atoms with Crippen LogP contribution in [0.2, 0.25) is 0 Å². The highest BCUT2D eigenvalue weighted by molar-refractivity contribution is 5.93. The number of piperidine rings is 1. The Balaban J connectivity index is 1.38. The molecule has 3 aromatic rings. The van der Waals surface area contributed by atoms with Crippen molar-refractivity contribution in [3.63, 3.8) is 0 Å². The summed E-state index contributed by atoms with van der Waals surface area (Å²) in [5.41, 5.74) is 2.69. The average Bonchev–Trinajstić information content (AvgIpc) is 2.80. The Morgan fingerprint density at radius 1 is 1.06 bits per heavy atom. The predicted molar refractivity (Wildman–Crippen MR) is 121 cm³/mol. The van der Waals surface area contributed by atoms with Crippen molar-refractivity contribution in [2.45, 2.75) is 32.4 Å². The number of benzene rings is 1. The molecule has 7 heteroatoms. The number of likely N-dealkylation sites (tertiary alicyclic amines) is 1. The van der Waals surface area contributed by atoms with Crippen LogP contribution in [-0.4, -0.2) is 38.5 Å². The van der Waals surface area contributed by atoms with Gasteiger partial charge in [0.25, 0.3) is 5.56 Å². The number of hydrogen-bond donors (Lipinski definition) is 1. The van der Waals surface area contributed by atoms with Crippen molar-refractivity contribution in [1.82, 2.24) is 19.4 Å². The minimum absolute atomic E-state index is 0.130. The van der Waals surface area contributed by atoms with Crippen molar-refractivity contribution in [1.29, 1.82) is 0 Å². The molecule has 5 rings (SSSR count). The van der Waals surface area contributed by atoms with Crippen LogP contribution in [0.25, 0.3) is 0 Å². The van der Waals surface area contributed by atoms with E-state index in [1.165, 1.54) is 11.6 Å². The van der Waals surface area contributed by atoms with E-state index in [0.29, 0.717) is 17.6 Å². The molecule has 1 atom stereocenters. The molecule has 2 aliphatic rings. The van der Waals surface area contributed by atoms with E-state index in [-0.39, 0.29) is 5.56 Å². The minimum Gasteiger partial charge on any atom is -0.343 e. The molecule has 31 heavy (non-hydrogen) atoms. The van der Waals surface area contributed by atoms with E-state index in [0.717, 1.165) is 44.0 Å². The van der Waals surface area contributed by atoms with Gasteiger partial charge in [0.05, 0.1) is 5.69 Å². The number of aromatic nitrogens is 3. The molecular formula is C24H26N6O. The maximum Gasteiger partial charge on any atom is 0.257 e. The molecule has 0 radical (unpaired) electrons. The number of guanidine groups is 1. The summed E-state index contributed by atoms with van der Waals surface area (Å²) in [6, 6.07) is 17.9. The second-order valence-corrected chi connectivity index (χ2v) is 8.26. The standard InChI is InChI=1S/C24H26N6O/c1-17-15-21(31)30-22(20-9-5-6-12-25-20)27-23(28-24(30)26-17)29-13-10-19(11-14-29)16-18-7-3-2-4-8-18/h2-9,12,15,19,22H,10-11,13-14,16H2,1H3,(H,26,27,28). The Kier molecular flexibility index (Phi) is 5.24. The maximum atomic E-state index is 12.7. The molecule has 0 saturated carbocycles. The molecule has 0 bridgehead atoms. The lowest BCUT2D eigenvalue weighted by atomic mass is 9.90. The van der Waals surface area contributed by atoms with Gasteiger partial charge in [-0.05, 0) is 49.8 Å². The van der Waals surface area contributed by atoms with E-state index >= 15 is 0 Å². The molecule has 2 aromatic heterocycles. The average molecular weight is 415 g/mol. The van der Waals surface area contributed by atoms with Gasteiger partial charge in [0.1, 0.15) is 0 Å². The van der Waals surface area contributed by atoms with Crippen molar-refractivity contribution < 1.29 is 0 Å². The van der Waals surface area contributed by atoms with Crippen LogP contribution in [0.4, 0.5) is 5.95 Å². The summed E-state index contributed by atoms with van der Waals surface area (Å²) in [5, 5.41) is 3.31. The quantitative estimate of drug-likeness (QED) is 0.712. The molecule has 4 heterocycles. The molecule has 0 amide bonds. The summed E-state index contributed by atoms with van der Waals surface area (Å²) in [6.45, 7) is 3.68. The normalized spacial score (nSPS) is 18.8. The highest BCUT2D eigenvalue weighted by Crippen LogP contribution is 2.27. The molecule has 0 spiro atoms. The number of pyridine rings is 1. The highest BCUT2D eigenvalue weighted by Gasteiger charge is 2.30. The Morgan fingerprint density at radius 3 is 2.58 bits per heavy atom. The summed E-state index contributed by atoms with van der Waals surface area (Å²) in [5.74, 6) is 1.97. The summed E-state index contributed by atoms with van der Waals surface area (Å²) < 4.78 is 1.58. The van der Waals surface area contributed by atoms with Gasteiger partial charge in [-0.2, -0.15) is 0 Å². The van der Waals surface area contributed by atoms with Crippen LogP contribution in [0.15, 0.2) is 70.6 Å². The Labute approximate surface area is 181 Å². The smallest absolute Gasteiger partial charge is 0.257 e. The summed E-state index contributed by atoms with van der Waals surface area (Å²) in [7, 11) is 0. The van der Waals surface area contributed by atoms with Gasteiger partial charge in [-0.25, -0.2) is 14.5 Å².